The molecule has 5 heteroatoms. The lowest BCUT2D eigenvalue weighted by Crippen LogP contribution is -1.99. The Labute approximate surface area is 112 Å². The van der Waals surface area contributed by atoms with Gasteiger partial charge in [0, 0.05) is 11.6 Å². The molecule has 0 fully saturated rings. The summed E-state index contributed by atoms with van der Waals surface area (Å²) in [6, 6.07) is 5.57. The second-order valence-electron chi connectivity index (χ2n) is 4.25. The number of nitrogen functional groups attached to an aromatic ring is 1. The van der Waals surface area contributed by atoms with Gasteiger partial charge in [0.2, 0.25) is 0 Å². The lowest BCUT2D eigenvalue weighted by Gasteiger charge is -2.13. The summed E-state index contributed by atoms with van der Waals surface area (Å²) >= 11 is 0. The molecule has 0 radical (unpaired) electrons. The van der Waals surface area contributed by atoms with Gasteiger partial charge in [0.05, 0.1) is 19.9 Å². The van der Waals surface area contributed by atoms with Gasteiger partial charge >= 0.3 is 0 Å². The van der Waals surface area contributed by atoms with Crippen LogP contribution in [0.1, 0.15) is 11.4 Å². The van der Waals surface area contributed by atoms with Crippen molar-refractivity contribution in [1.82, 2.24) is 9.97 Å². The molecule has 2 N–H and O–H groups in total. The third-order valence-electron chi connectivity index (χ3n) is 2.86. The number of aromatic nitrogens is 2. The first-order valence-corrected chi connectivity index (χ1v) is 5.89. The fourth-order valence-corrected chi connectivity index (χ4v) is 1.99. The van der Waals surface area contributed by atoms with Crippen molar-refractivity contribution in [2.24, 2.45) is 0 Å². The zero-order valence-corrected chi connectivity index (χ0v) is 11.5. The van der Waals surface area contributed by atoms with Crippen LogP contribution in [0, 0.1) is 13.8 Å². The van der Waals surface area contributed by atoms with Crippen molar-refractivity contribution >= 4 is 5.82 Å². The van der Waals surface area contributed by atoms with Crippen LogP contribution >= 0.6 is 0 Å². The molecule has 0 atom stereocenters. The van der Waals surface area contributed by atoms with Crippen LogP contribution in [0.15, 0.2) is 18.2 Å². The number of aryl methyl sites for hydroxylation is 2. The van der Waals surface area contributed by atoms with Crippen molar-refractivity contribution in [3.05, 3.63) is 29.6 Å². The second kappa shape index (κ2) is 5.14. The van der Waals surface area contributed by atoms with Gasteiger partial charge in [-0.05, 0) is 31.5 Å². The van der Waals surface area contributed by atoms with Gasteiger partial charge in [-0.3, -0.25) is 0 Å². The van der Waals surface area contributed by atoms with E-state index < -0.39 is 0 Å². The van der Waals surface area contributed by atoms with Crippen molar-refractivity contribution < 1.29 is 9.47 Å². The van der Waals surface area contributed by atoms with E-state index in [1.807, 2.05) is 26.0 Å². The average molecular weight is 259 g/mol. The Morgan fingerprint density at radius 3 is 2.16 bits per heavy atom. The van der Waals surface area contributed by atoms with Gasteiger partial charge < -0.3 is 15.2 Å². The summed E-state index contributed by atoms with van der Waals surface area (Å²) in [5, 5.41) is 0. The summed E-state index contributed by atoms with van der Waals surface area (Å²) in [6.07, 6.45) is 0. The molecule has 0 spiro atoms. The van der Waals surface area contributed by atoms with Crippen molar-refractivity contribution in [2.75, 3.05) is 20.0 Å². The Morgan fingerprint density at radius 1 is 0.947 bits per heavy atom. The topological polar surface area (TPSA) is 70.3 Å². The van der Waals surface area contributed by atoms with E-state index in [-0.39, 0.29) is 0 Å². The quantitative estimate of drug-likeness (QED) is 0.916. The number of methoxy groups -OCH3 is 2. The lowest BCUT2D eigenvalue weighted by atomic mass is 10.0. The Balaban J connectivity index is 2.61. The third kappa shape index (κ3) is 2.59. The normalized spacial score (nSPS) is 10.3. The Kier molecular flexibility index (Phi) is 3.55. The highest BCUT2D eigenvalue weighted by molar-refractivity contribution is 5.69. The number of hydrogen-bond acceptors (Lipinski definition) is 5. The molecule has 0 amide bonds. The van der Waals surface area contributed by atoms with E-state index in [1.165, 1.54) is 0 Å². The Bertz CT molecular complexity index is 592. The number of ether oxygens (including phenoxy) is 2. The zero-order valence-electron chi connectivity index (χ0n) is 11.5. The average Bonchev–Trinajstić information content (AvgIpc) is 2.37. The van der Waals surface area contributed by atoms with E-state index >= 15 is 0 Å². The molecule has 0 saturated heterocycles. The van der Waals surface area contributed by atoms with Gasteiger partial charge in [-0.25, -0.2) is 9.97 Å². The predicted octanol–water partition coefficient (Wildman–Crippen LogP) is 2.36. The second-order valence-corrected chi connectivity index (χ2v) is 4.25. The fourth-order valence-electron chi connectivity index (χ4n) is 1.99. The van der Waals surface area contributed by atoms with Crippen LogP contribution in [0.25, 0.3) is 11.3 Å². The molecule has 2 rings (SSSR count). The monoisotopic (exact) mass is 259 g/mol. The van der Waals surface area contributed by atoms with Gasteiger partial charge in [0.25, 0.3) is 0 Å². The van der Waals surface area contributed by atoms with Gasteiger partial charge in [-0.2, -0.15) is 0 Å². The first-order valence-electron chi connectivity index (χ1n) is 5.89. The molecule has 0 bridgehead atoms. The molecule has 1 heterocycles. The van der Waals surface area contributed by atoms with E-state index in [9.17, 15) is 0 Å². The van der Waals surface area contributed by atoms with E-state index in [4.69, 9.17) is 15.2 Å². The molecule has 0 saturated carbocycles. The Morgan fingerprint density at radius 2 is 1.58 bits per heavy atom. The highest BCUT2D eigenvalue weighted by Crippen LogP contribution is 2.34. The molecule has 100 valence electrons. The highest BCUT2D eigenvalue weighted by atomic mass is 16.5. The van der Waals surface area contributed by atoms with E-state index in [0.717, 1.165) is 16.8 Å². The number of nitrogens with two attached hydrogens (primary N) is 1. The van der Waals surface area contributed by atoms with Gasteiger partial charge in [0.1, 0.15) is 11.6 Å². The van der Waals surface area contributed by atoms with Gasteiger partial charge in [-0.15, -0.1) is 0 Å². The summed E-state index contributed by atoms with van der Waals surface area (Å²) in [4.78, 5) is 8.48. The molecule has 2 aromatic rings. The van der Waals surface area contributed by atoms with Crippen LogP contribution in [0.3, 0.4) is 0 Å². The molecule has 1 aromatic heterocycles. The van der Waals surface area contributed by atoms with Crippen LogP contribution in [0.4, 0.5) is 5.82 Å². The smallest absolute Gasteiger partial charge is 0.161 e. The summed E-state index contributed by atoms with van der Waals surface area (Å²) < 4.78 is 10.6. The van der Waals surface area contributed by atoms with Crippen LogP contribution in [0.5, 0.6) is 11.5 Å². The molecule has 0 aliphatic rings. The highest BCUT2D eigenvalue weighted by Gasteiger charge is 2.12. The molecule has 0 aliphatic carbocycles. The lowest BCUT2D eigenvalue weighted by molar-refractivity contribution is 0.355. The van der Waals surface area contributed by atoms with E-state index in [2.05, 4.69) is 9.97 Å². The van der Waals surface area contributed by atoms with Gasteiger partial charge in [-0.1, -0.05) is 0 Å². The number of anilines is 1. The number of nitrogens with zero attached hydrogens (tertiary/aromatic N) is 2. The number of hydrogen-bond donors (Lipinski definition) is 1. The summed E-state index contributed by atoms with van der Waals surface area (Å²) in [7, 11) is 3.22. The largest absolute Gasteiger partial charge is 0.493 e. The first-order chi connectivity index (χ1) is 9.05. The van der Waals surface area contributed by atoms with Crippen LogP contribution in [-0.4, -0.2) is 24.2 Å². The molecule has 1 aromatic carbocycles. The maximum Gasteiger partial charge on any atom is 0.161 e. The van der Waals surface area contributed by atoms with Crippen molar-refractivity contribution in [3.8, 4) is 22.8 Å². The minimum Gasteiger partial charge on any atom is -0.493 e. The number of rotatable bonds is 3. The van der Waals surface area contributed by atoms with Crippen molar-refractivity contribution in [2.45, 2.75) is 13.8 Å². The first kappa shape index (κ1) is 13.1. The molecular weight excluding hydrogens is 242 g/mol. The predicted molar refractivity (Wildman–Crippen MR) is 74.5 cm³/mol. The maximum absolute atomic E-state index is 5.77. The minimum atomic E-state index is 0.455. The van der Waals surface area contributed by atoms with Gasteiger partial charge in [0.15, 0.2) is 11.5 Å². The molecular formula is C14H17N3O2. The molecule has 0 unspecified atom stereocenters. The minimum absolute atomic E-state index is 0.455. The van der Waals surface area contributed by atoms with E-state index in [1.54, 1.807) is 20.3 Å². The SMILES string of the molecule is COc1cc(C)c(-c2cc(N)nc(C)n2)cc1OC. The van der Waals surface area contributed by atoms with Crippen molar-refractivity contribution in [1.29, 1.82) is 0 Å². The maximum atomic E-state index is 5.77. The van der Waals surface area contributed by atoms with Crippen LogP contribution < -0.4 is 15.2 Å². The summed E-state index contributed by atoms with van der Waals surface area (Å²) in [5.41, 5.74) is 8.54. The fraction of sp³-hybridized carbons (Fsp3) is 0.286. The standard InChI is InChI=1S/C14H17N3O2/c1-8-5-12(18-3)13(19-4)6-10(8)11-7-14(15)17-9(2)16-11/h5-7H,1-4H3,(H2,15,16,17). The third-order valence-corrected chi connectivity index (χ3v) is 2.86. The van der Waals surface area contributed by atoms with E-state index in [0.29, 0.717) is 23.1 Å². The number of benzene rings is 1. The zero-order chi connectivity index (χ0) is 14.0. The summed E-state index contributed by atoms with van der Waals surface area (Å²) in [5.74, 6) is 2.46. The van der Waals surface area contributed by atoms with Crippen LogP contribution in [-0.2, 0) is 0 Å². The molecule has 5 nitrogen and oxygen atoms in total. The van der Waals surface area contributed by atoms with Crippen LogP contribution in [0.2, 0.25) is 0 Å². The molecule has 19 heavy (non-hydrogen) atoms. The summed E-state index contributed by atoms with van der Waals surface area (Å²) in [6.45, 7) is 3.81. The molecule has 0 aliphatic heterocycles. The van der Waals surface area contributed by atoms with Crippen molar-refractivity contribution in [3.63, 3.8) is 0 Å². The Hall–Kier alpha value is -2.30.